The van der Waals surface area contributed by atoms with Crippen LogP contribution in [0.2, 0.25) is 0 Å². The van der Waals surface area contributed by atoms with Crippen LogP contribution in [0.5, 0.6) is 0 Å². The highest BCUT2D eigenvalue weighted by Crippen LogP contribution is 2.43. The van der Waals surface area contributed by atoms with Crippen molar-refractivity contribution in [2.45, 2.75) is 251 Å². The molecular formula is C53H102N2O7P+. The minimum Gasteiger partial charge on any atom is -0.456 e. The van der Waals surface area contributed by atoms with E-state index in [2.05, 4.69) is 44.3 Å². The van der Waals surface area contributed by atoms with E-state index in [9.17, 15) is 19.0 Å². The Bertz CT molecular complexity index is 1180. The summed E-state index contributed by atoms with van der Waals surface area (Å²) in [5.41, 5.74) is 0. The van der Waals surface area contributed by atoms with Crippen LogP contribution in [-0.4, -0.2) is 74.3 Å². The van der Waals surface area contributed by atoms with Gasteiger partial charge in [0.1, 0.15) is 19.3 Å². The van der Waals surface area contributed by atoms with Gasteiger partial charge < -0.3 is 19.4 Å². The molecule has 1 amide bonds. The number of esters is 1. The van der Waals surface area contributed by atoms with E-state index in [-0.39, 0.29) is 37.9 Å². The fourth-order valence-electron chi connectivity index (χ4n) is 7.46. The molecule has 0 aromatic rings. The Balaban J connectivity index is 5.51. The number of nitrogens with zero attached hydrogens (tertiary/aromatic N) is 1. The number of carbonyl (C=O) groups is 2. The Morgan fingerprint density at radius 1 is 0.556 bits per heavy atom. The summed E-state index contributed by atoms with van der Waals surface area (Å²) in [7, 11) is 1.47. The zero-order chi connectivity index (χ0) is 46.5. The fraction of sp³-hybridized carbons (Fsp3) is 0.849. The van der Waals surface area contributed by atoms with Crippen molar-refractivity contribution in [3.63, 3.8) is 0 Å². The van der Waals surface area contributed by atoms with E-state index in [1.54, 1.807) is 0 Å². The van der Waals surface area contributed by atoms with Gasteiger partial charge in [-0.2, -0.15) is 0 Å². The molecule has 3 unspecified atom stereocenters. The SMILES string of the molecule is CCCCCCCC/C=C\C/C=C/CCC(=O)NC(COP(=O)(O)OCC[N+](C)(C)C)C(/C=C/CCCCCCCCCCCCC)OC(=O)CCCCCCCCCCCCC. The first kappa shape index (κ1) is 61.2. The van der Waals surface area contributed by atoms with E-state index < -0.39 is 20.0 Å². The average molecular weight is 910 g/mol. The van der Waals surface area contributed by atoms with Gasteiger partial charge in [-0.3, -0.25) is 18.6 Å². The number of allylic oxidation sites excluding steroid dienone is 5. The van der Waals surface area contributed by atoms with E-state index in [0.29, 0.717) is 17.4 Å². The molecule has 0 saturated heterocycles. The summed E-state index contributed by atoms with van der Waals surface area (Å²) < 4.78 is 30.4. The molecule has 0 aliphatic carbocycles. The van der Waals surface area contributed by atoms with Gasteiger partial charge in [-0.15, -0.1) is 0 Å². The van der Waals surface area contributed by atoms with Crippen molar-refractivity contribution < 1.29 is 37.3 Å². The summed E-state index contributed by atoms with van der Waals surface area (Å²) in [6.45, 7) is 6.95. The Morgan fingerprint density at radius 3 is 1.46 bits per heavy atom. The van der Waals surface area contributed by atoms with Gasteiger partial charge in [0, 0.05) is 12.8 Å². The second kappa shape index (κ2) is 44.1. The number of nitrogens with one attached hydrogen (secondary N) is 1. The molecule has 10 heteroatoms. The number of carbonyl (C=O) groups excluding carboxylic acids is 2. The topological polar surface area (TPSA) is 111 Å². The Kier molecular flexibility index (Phi) is 42.8. The monoisotopic (exact) mass is 910 g/mol. The Hall–Kier alpha value is -1.77. The largest absolute Gasteiger partial charge is 0.472 e. The second-order valence-electron chi connectivity index (χ2n) is 19.1. The van der Waals surface area contributed by atoms with E-state index in [1.807, 2.05) is 39.4 Å². The van der Waals surface area contributed by atoms with Crippen LogP contribution in [0.25, 0.3) is 0 Å². The summed E-state index contributed by atoms with van der Waals surface area (Å²) in [4.78, 5) is 37.3. The maximum absolute atomic E-state index is 13.4. The Morgan fingerprint density at radius 2 is 0.984 bits per heavy atom. The van der Waals surface area contributed by atoms with Gasteiger partial charge in [0.15, 0.2) is 0 Å². The predicted molar refractivity (Wildman–Crippen MR) is 268 cm³/mol. The van der Waals surface area contributed by atoms with Crippen molar-refractivity contribution in [3.8, 4) is 0 Å². The molecule has 0 heterocycles. The molecule has 2 N–H and O–H groups in total. The van der Waals surface area contributed by atoms with Crippen LogP contribution in [0.4, 0.5) is 0 Å². The van der Waals surface area contributed by atoms with Crippen molar-refractivity contribution in [1.29, 1.82) is 0 Å². The number of hydrogen-bond donors (Lipinski definition) is 2. The van der Waals surface area contributed by atoms with Crippen LogP contribution < -0.4 is 5.32 Å². The molecule has 0 saturated carbocycles. The Labute approximate surface area is 389 Å². The number of ether oxygens (including phenoxy) is 1. The van der Waals surface area contributed by atoms with Crippen molar-refractivity contribution in [2.75, 3.05) is 40.9 Å². The molecule has 0 aliphatic rings. The van der Waals surface area contributed by atoms with Gasteiger partial charge >= 0.3 is 13.8 Å². The number of unbranched alkanes of at least 4 members (excludes halogenated alkanes) is 27. The standard InChI is InChI=1S/C53H101N2O7P/c1-7-10-13-16-19-22-25-27-30-32-35-38-41-44-51(62-53(57)46-43-40-37-34-29-24-21-18-15-12-9-3)50(49-61-63(58,59)60-48-47-55(4,5)6)54-52(56)45-42-39-36-33-31-28-26-23-20-17-14-11-8-2/h28,31,36,39,41,44,50-51H,7-27,29-30,32-35,37-38,40,42-43,45-49H2,1-6H3,(H-,54,56,58,59)/p+1/b31-28-,39-36+,44-41+. The molecule has 0 aromatic heterocycles. The van der Waals surface area contributed by atoms with E-state index >= 15 is 0 Å². The first-order valence-electron chi connectivity index (χ1n) is 26.3. The molecule has 0 spiro atoms. The molecule has 0 radical (unpaired) electrons. The third-order valence-corrected chi connectivity index (χ3v) is 12.6. The van der Waals surface area contributed by atoms with Gasteiger partial charge in [-0.05, 0) is 51.0 Å². The van der Waals surface area contributed by atoms with Crippen LogP contribution in [0.3, 0.4) is 0 Å². The zero-order valence-corrected chi connectivity index (χ0v) is 43.0. The van der Waals surface area contributed by atoms with E-state index in [0.717, 1.165) is 51.4 Å². The fourth-order valence-corrected chi connectivity index (χ4v) is 8.20. The predicted octanol–water partition coefficient (Wildman–Crippen LogP) is 15.2. The summed E-state index contributed by atoms with van der Waals surface area (Å²) in [6.07, 6.45) is 50.1. The van der Waals surface area contributed by atoms with E-state index in [1.165, 1.54) is 148 Å². The van der Waals surface area contributed by atoms with Crippen LogP contribution in [-0.2, 0) is 27.9 Å². The molecule has 0 aliphatic heterocycles. The lowest BCUT2D eigenvalue weighted by atomic mass is 10.0. The van der Waals surface area contributed by atoms with Gasteiger partial charge in [-0.1, -0.05) is 212 Å². The van der Waals surface area contributed by atoms with Crippen LogP contribution in [0.15, 0.2) is 36.5 Å². The number of hydrogen-bond acceptors (Lipinski definition) is 6. The summed E-state index contributed by atoms with van der Waals surface area (Å²) >= 11 is 0. The molecule has 63 heavy (non-hydrogen) atoms. The lowest BCUT2D eigenvalue weighted by Crippen LogP contribution is -2.47. The molecule has 9 nitrogen and oxygen atoms in total. The summed E-state index contributed by atoms with van der Waals surface area (Å²) in [6, 6.07) is -0.872. The number of likely N-dealkylation sites (N-methyl/N-ethyl adjacent to an activating group) is 1. The number of quaternary nitrogens is 1. The molecule has 370 valence electrons. The van der Waals surface area contributed by atoms with Crippen LogP contribution in [0, 0.1) is 0 Å². The number of amides is 1. The zero-order valence-electron chi connectivity index (χ0n) is 42.1. The average Bonchev–Trinajstić information content (AvgIpc) is 3.23. The van der Waals surface area contributed by atoms with Crippen molar-refractivity contribution in [1.82, 2.24) is 5.32 Å². The molecule has 0 fully saturated rings. The van der Waals surface area contributed by atoms with Crippen molar-refractivity contribution in [3.05, 3.63) is 36.5 Å². The molecule has 0 bridgehead atoms. The molecular weight excluding hydrogens is 808 g/mol. The lowest BCUT2D eigenvalue weighted by Gasteiger charge is -2.27. The maximum Gasteiger partial charge on any atom is 0.472 e. The quantitative estimate of drug-likeness (QED) is 0.0206. The summed E-state index contributed by atoms with van der Waals surface area (Å²) in [5, 5.41) is 3.00. The van der Waals surface area contributed by atoms with E-state index in [4.69, 9.17) is 13.8 Å². The summed E-state index contributed by atoms with van der Waals surface area (Å²) in [5.74, 6) is -0.580. The van der Waals surface area contributed by atoms with Gasteiger partial charge in [-0.25, -0.2) is 4.57 Å². The highest BCUT2D eigenvalue weighted by atomic mass is 31.2. The van der Waals surface area contributed by atoms with Crippen molar-refractivity contribution in [2.24, 2.45) is 0 Å². The number of rotatable bonds is 47. The van der Waals surface area contributed by atoms with Gasteiger partial charge in [0.25, 0.3) is 0 Å². The first-order valence-corrected chi connectivity index (χ1v) is 27.8. The van der Waals surface area contributed by atoms with Crippen LogP contribution in [0.1, 0.15) is 239 Å². The lowest BCUT2D eigenvalue weighted by molar-refractivity contribution is -0.870. The highest BCUT2D eigenvalue weighted by Gasteiger charge is 2.30. The smallest absolute Gasteiger partial charge is 0.456 e. The molecule has 0 aromatic carbocycles. The normalized spacial score (nSPS) is 14.2. The van der Waals surface area contributed by atoms with Gasteiger partial charge in [0.05, 0.1) is 33.8 Å². The van der Waals surface area contributed by atoms with Crippen molar-refractivity contribution >= 4 is 19.7 Å². The third-order valence-electron chi connectivity index (χ3n) is 11.6. The minimum absolute atomic E-state index is 0.0328. The van der Waals surface area contributed by atoms with Crippen LogP contribution >= 0.6 is 7.82 Å². The highest BCUT2D eigenvalue weighted by molar-refractivity contribution is 7.47. The maximum atomic E-state index is 13.4. The minimum atomic E-state index is -4.45. The number of phosphoric acid groups is 1. The third kappa shape index (κ3) is 45.2. The van der Waals surface area contributed by atoms with Gasteiger partial charge in [0.2, 0.25) is 5.91 Å². The first-order chi connectivity index (χ1) is 30.4. The number of phosphoric ester groups is 1. The second-order valence-corrected chi connectivity index (χ2v) is 20.5. The molecule has 0 rings (SSSR count). The molecule has 3 atom stereocenters.